The molecular formula is C27H28N2O5. The number of phenols is 1. The summed E-state index contributed by atoms with van der Waals surface area (Å²) in [6.07, 6.45) is 2.83. The summed E-state index contributed by atoms with van der Waals surface area (Å²) in [5, 5.41) is 25.9. The predicted molar refractivity (Wildman–Crippen MR) is 123 cm³/mol. The maximum absolute atomic E-state index is 13.5. The molecular weight excluding hydrogens is 432 g/mol. The normalized spacial score (nSPS) is 40.7. The van der Waals surface area contributed by atoms with Gasteiger partial charge in [-0.1, -0.05) is 24.3 Å². The second-order valence-electron chi connectivity index (χ2n) is 11.2. The van der Waals surface area contributed by atoms with Crippen molar-refractivity contribution in [1.82, 2.24) is 4.90 Å². The minimum absolute atomic E-state index is 0.0690. The highest BCUT2D eigenvalue weighted by Gasteiger charge is 2.87. The monoisotopic (exact) mass is 460 g/mol. The first kappa shape index (κ1) is 19.7. The molecule has 3 aliphatic heterocycles. The van der Waals surface area contributed by atoms with Crippen molar-refractivity contribution in [2.75, 3.05) is 18.4 Å². The van der Waals surface area contributed by atoms with Gasteiger partial charge in [-0.05, 0) is 61.9 Å². The highest BCUT2D eigenvalue weighted by molar-refractivity contribution is 5.96. The molecule has 3 aliphatic carbocycles. The molecule has 4 fully saturated rings. The van der Waals surface area contributed by atoms with E-state index in [1.54, 1.807) is 6.07 Å². The molecule has 2 spiro atoms. The fraction of sp³-hybridized carbons (Fsp3) is 0.519. The summed E-state index contributed by atoms with van der Waals surface area (Å²) < 4.78 is 13.3. The Bertz CT molecular complexity index is 1230. The molecule has 7 heteroatoms. The van der Waals surface area contributed by atoms with Crippen LogP contribution in [0.15, 0.2) is 42.5 Å². The van der Waals surface area contributed by atoms with Crippen LogP contribution in [0.5, 0.6) is 11.5 Å². The van der Waals surface area contributed by atoms with Crippen LogP contribution in [-0.4, -0.2) is 63.6 Å². The molecule has 176 valence electrons. The number of para-hydroxylation sites is 1. The molecule has 2 aromatic carbocycles. The van der Waals surface area contributed by atoms with E-state index in [9.17, 15) is 15.0 Å². The average Bonchev–Trinajstić information content (AvgIpc) is 3.41. The number of aliphatic hydroxyl groups is 1. The topological polar surface area (TPSA) is 91.3 Å². The number of nitrogens with zero attached hydrogens (tertiary/aromatic N) is 1. The van der Waals surface area contributed by atoms with Gasteiger partial charge in [-0.2, -0.15) is 0 Å². The quantitative estimate of drug-likeness (QED) is 0.649. The number of hydrogen-bond donors (Lipinski definition) is 3. The summed E-state index contributed by atoms with van der Waals surface area (Å²) in [7, 11) is 0. The first-order chi connectivity index (χ1) is 16.5. The highest BCUT2D eigenvalue weighted by atomic mass is 16.6. The van der Waals surface area contributed by atoms with E-state index in [1.165, 1.54) is 18.4 Å². The zero-order valence-corrected chi connectivity index (χ0v) is 18.9. The number of carbonyl (C=O) groups is 1. The van der Waals surface area contributed by atoms with Crippen LogP contribution in [0.3, 0.4) is 0 Å². The third-order valence-corrected chi connectivity index (χ3v) is 9.54. The van der Waals surface area contributed by atoms with E-state index in [0.717, 1.165) is 37.4 Å². The molecule has 3 N–H and O–H groups in total. The zero-order valence-electron chi connectivity index (χ0n) is 18.9. The summed E-state index contributed by atoms with van der Waals surface area (Å²) in [4.78, 5) is 16.0. The third kappa shape index (κ3) is 2.13. The number of aromatic hydroxyl groups is 1. The highest BCUT2D eigenvalue weighted by Crippen LogP contribution is 2.74. The Hall–Kier alpha value is -2.61. The summed E-state index contributed by atoms with van der Waals surface area (Å²) in [6, 6.07) is 13.1. The van der Waals surface area contributed by atoms with Crippen molar-refractivity contribution >= 4 is 11.6 Å². The first-order valence-corrected chi connectivity index (χ1v) is 12.5. The molecule has 2 saturated heterocycles. The third-order valence-electron chi connectivity index (χ3n) is 9.54. The van der Waals surface area contributed by atoms with Gasteiger partial charge in [0, 0.05) is 30.3 Å². The largest absolute Gasteiger partial charge is 0.504 e. The number of carbonyl (C=O) groups excluding carboxylic acids is 1. The van der Waals surface area contributed by atoms with E-state index < -0.39 is 28.8 Å². The molecule has 4 bridgehead atoms. The number of anilines is 1. The lowest BCUT2D eigenvalue weighted by Gasteiger charge is -2.61. The van der Waals surface area contributed by atoms with E-state index in [1.807, 2.05) is 36.4 Å². The Kier molecular flexibility index (Phi) is 3.55. The number of phenolic OH excluding ortho intramolecular Hbond substituents is 1. The lowest BCUT2D eigenvalue weighted by molar-refractivity contribution is -0.228. The molecule has 6 aliphatic rings. The molecule has 8 rings (SSSR count). The van der Waals surface area contributed by atoms with E-state index >= 15 is 0 Å². The molecule has 1 amide bonds. The molecule has 0 radical (unpaired) electrons. The molecule has 2 saturated carbocycles. The average molecular weight is 461 g/mol. The Morgan fingerprint density at radius 2 is 2.00 bits per heavy atom. The van der Waals surface area contributed by atoms with Gasteiger partial charge in [-0.25, -0.2) is 0 Å². The lowest BCUT2D eigenvalue weighted by atomic mass is 9.55. The number of rotatable bonds is 4. The van der Waals surface area contributed by atoms with Crippen LogP contribution in [-0.2, 0) is 21.4 Å². The Morgan fingerprint density at radius 3 is 2.79 bits per heavy atom. The van der Waals surface area contributed by atoms with Crippen LogP contribution in [0, 0.1) is 5.92 Å². The fourth-order valence-electron chi connectivity index (χ4n) is 8.16. The Balaban J connectivity index is 1.26. The van der Waals surface area contributed by atoms with E-state index in [-0.39, 0.29) is 17.7 Å². The van der Waals surface area contributed by atoms with Crippen molar-refractivity contribution in [2.24, 2.45) is 5.92 Å². The second kappa shape index (κ2) is 6.14. The summed E-state index contributed by atoms with van der Waals surface area (Å²) >= 11 is 0. The van der Waals surface area contributed by atoms with Gasteiger partial charge >= 0.3 is 0 Å². The van der Waals surface area contributed by atoms with Crippen molar-refractivity contribution in [2.45, 2.75) is 67.0 Å². The molecule has 34 heavy (non-hydrogen) atoms. The molecule has 0 aromatic heterocycles. The number of piperidine rings is 1. The van der Waals surface area contributed by atoms with Gasteiger partial charge in [0.2, 0.25) is 0 Å². The fourth-order valence-corrected chi connectivity index (χ4v) is 8.16. The zero-order chi connectivity index (χ0) is 22.9. The van der Waals surface area contributed by atoms with Gasteiger partial charge in [0.25, 0.3) is 5.91 Å². The number of fused-ring (bicyclic) bond motifs is 2. The molecule has 2 aromatic rings. The van der Waals surface area contributed by atoms with Crippen LogP contribution in [0.25, 0.3) is 0 Å². The summed E-state index contributed by atoms with van der Waals surface area (Å²) in [5.41, 5.74) is 0.125. The number of hydrogen-bond acceptors (Lipinski definition) is 6. The van der Waals surface area contributed by atoms with E-state index in [0.29, 0.717) is 17.9 Å². The van der Waals surface area contributed by atoms with E-state index in [2.05, 4.69) is 10.2 Å². The summed E-state index contributed by atoms with van der Waals surface area (Å²) in [6.45, 7) is 1.95. The number of benzene rings is 2. The van der Waals surface area contributed by atoms with Crippen molar-refractivity contribution in [3.05, 3.63) is 53.6 Å². The standard InChI is InChI=1S/C27H28N2O5/c30-18-9-8-16-12-19-27-14-26(32,22(34-27)23(31)28-17-4-2-1-3-5-17)24-25(27,20(16)21(18)33-24)10-11-29(19)13-15-6-7-15/h1-5,8-9,15,19,22,24,30,32H,6-7,10-14H2,(H,28,31)/t19-,22-,24?,25+,26?,27+/m1/s1. The second-order valence-corrected chi connectivity index (χ2v) is 11.2. The van der Waals surface area contributed by atoms with Gasteiger partial charge in [0.05, 0.1) is 5.41 Å². The van der Waals surface area contributed by atoms with Crippen LogP contribution in [0.4, 0.5) is 5.69 Å². The molecule has 3 heterocycles. The van der Waals surface area contributed by atoms with Crippen LogP contribution < -0.4 is 10.1 Å². The minimum Gasteiger partial charge on any atom is -0.504 e. The maximum atomic E-state index is 13.5. The first-order valence-electron chi connectivity index (χ1n) is 12.5. The van der Waals surface area contributed by atoms with Crippen molar-refractivity contribution in [3.8, 4) is 11.5 Å². The van der Waals surface area contributed by atoms with Crippen molar-refractivity contribution in [1.29, 1.82) is 0 Å². The smallest absolute Gasteiger partial charge is 0.256 e. The van der Waals surface area contributed by atoms with Gasteiger partial charge in [0.15, 0.2) is 17.6 Å². The lowest BCUT2D eigenvalue weighted by Crippen LogP contribution is -2.75. The number of nitrogens with one attached hydrogen (secondary N) is 1. The van der Waals surface area contributed by atoms with Crippen molar-refractivity contribution in [3.63, 3.8) is 0 Å². The Labute approximate surface area is 197 Å². The molecule has 6 atom stereocenters. The van der Waals surface area contributed by atoms with Gasteiger partial charge in [-0.3, -0.25) is 9.69 Å². The van der Waals surface area contributed by atoms with Gasteiger partial charge < -0.3 is 25.0 Å². The molecule has 2 unspecified atom stereocenters. The summed E-state index contributed by atoms with van der Waals surface area (Å²) in [5.74, 6) is 0.968. The number of ether oxygens (including phenoxy) is 2. The molecule has 7 nitrogen and oxygen atoms in total. The van der Waals surface area contributed by atoms with Gasteiger partial charge in [-0.15, -0.1) is 0 Å². The number of likely N-dealkylation sites (tertiary alicyclic amines) is 1. The minimum atomic E-state index is -1.47. The predicted octanol–water partition coefficient (Wildman–Crippen LogP) is 2.34. The number of amides is 1. The van der Waals surface area contributed by atoms with Gasteiger partial charge in [0.1, 0.15) is 17.3 Å². The Morgan fingerprint density at radius 1 is 1.18 bits per heavy atom. The van der Waals surface area contributed by atoms with Crippen molar-refractivity contribution < 1.29 is 24.5 Å². The van der Waals surface area contributed by atoms with E-state index in [4.69, 9.17) is 9.47 Å². The van der Waals surface area contributed by atoms with Crippen LogP contribution in [0.1, 0.15) is 36.8 Å². The maximum Gasteiger partial charge on any atom is 0.256 e. The van der Waals surface area contributed by atoms with Crippen LogP contribution in [0.2, 0.25) is 0 Å². The SMILES string of the molecule is O=C(Nc1ccccc1)[C@H]1O[C@]23CC1(O)C1Oc4c(O)ccc5c4[C@@]12CCN(CC1CC1)[C@@H]3C5. The van der Waals surface area contributed by atoms with Crippen LogP contribution >= 0.6 is 0 Å².